The molecule has 26 heavy (non-hydrogen) atoms. The summed E-state index contributed by atoms with van der Waals surface area (Å²) >= 11 is 0. The van der Waals surface area contributed by atoms with Gasteiger partial charge in [0.15, 0.2) is 0 Å². The standard InChI is InChI=1S/C19H21NO5S/c1-3-13-25-17-10-8-9-16(14-17)20(15-19(21)24-4-2)26(22,23)18-11-6-5-7-12-18/h3,5-12,14H,1,4,13,15H2,2H3. The van der Waals surface area contributed by atoms with Gasteiger partial charge < -0.3 is 9.47 Å². The summed E-state index contributed by atoms with van der Waals surface area (Å²) in [5, 5.41) is 0. The molecule has 0 saturated heterocycles. The highest BCUT2D eigenvalue weighted by Crippen LogP contribution is 2.27. The van der Waals surface area contributed by atoms with E-state index in [0.29, 0.717) is 11.4 Å². The quantitative estimate of drug-likeness (QED) is 0.498. The average Bonchev–Trinajstić information content (AvgIpc) is 2.65. The number of carbonyl (C=O) groups is 1. The Labute approximate surface area is 153 Å². The number of benzene rings is 2. The first-order valence-corrected chi connectivity index (χ1v) is 9.50. The van der Waals surface area contributed by atoms with Crippen LogP contribution in [0.4, 0.5) is 5.69 Å². The monoisotopic (exact) mass is 375 g/mol. The zero-order valence-electron chi connectivity index (χ0n) is 14.5. The molecule has 0 bridgehead atoms. The maximum absolute atomic E-state index is 13.1. The van der Waals surface area contributed by atoms with Gasteiger partial charge in [0.05, 0.1) is 17.2 Å². The number of esters is 1. The number of sulfonamides is 1. The van der Waals surface area contributed by atoms with E-state index in [2.05, 4.69) is 6.58 Å². The van der Waals surface area contributed by atoms with Crippen LogP contribution in [-0.2, 0) is 19.6 Å². The summed E-state index contributed by atoms with van der Waals surface area (Å²) < 4.78 is 37.5. The van der Waals surface area contributed by atoms with Crippen LogP contribution in [0.1, 0.15) is 6.92 Å². The van der Waals surface area contributed by atoms with Gasteiger partial charge in [0.2, 0.25) is 0 Å². The van der Waals surface area contributed by atoms with Crippen LogP contribution in [0.15, 0.2) is 72.1 Å². The molecule has 0 saturated carbocycles. The molecule has 7 heteroatoms. The van der Waals surface area contributed by atoms with Gasteiger partial charge in [-0.1, -0.05) is 36.9 Å². The fourth-order valence-corrected chi connectivity index (χ4v) is 3.66. The minimum atomic E-state index is -3.95. The molecule has 0 radical (unpaired) electrons. The largest absolute Gasteiger partial charge is 0.489 e. The first-order valence-electron chi connectivity index (χ1n) is 8.06. The third-order valence-electron chi connectivity index (χ3n) is 3.38. The molecule has 0 amide bonds. The third-order valence-corrected chi connectivity index (χ3v) is 5.17. The van der Waals surface area contributed by atoms with Crippen LogP contribution < -0.4 is 9.04 Å². The lowest BCUT2D eigenvalue weighted by molar-refractivity contribution is -0.141. The Balaban J connectivity index is 2.44. The zero-order chi connectivity index (χ0) is 19.0. The lowest BCUT2D eigenvalue weighted by Crippen LogP contribution is -2.36. The van der Waals surface area contributed by atoms with Gasteiger partial charge in [-0.15, -0.1) is 0 Å². The van der Waals surface area contributed by atoms with Crippen LogP contribution >= 0.6 is 0 Å². The molecular weight excluding hydrogens is 354 g/mol. The summed E-state index contributed by atoms with van der Waals surface area (Å²) in [7, 11) is -3.95. The minimum Gasteiger partial charge on any atom is -0.489 e. The molecule has 2 aromatic rings. The smallest absolute Gasteiger partial charge is 0.326 e. The highest BCUT2D eigenvalue weighted by Gasteiger charge is 2.27. The molecule has 2 aromatic carbocycles. The fourth-order valence-electron chi connectivity index (χ4n) is 2.24. The molecule has 0 N–H and O–H groups in total. The first kappa shape index (κ1) is 19.5. The van der Waals surface area contributed by atoms with Gasteiger partial charge in [-0.05, 0) is 31.2 Å². The number of carbonyl (C=O) groups excluding carboxylic acids is 1. The van der Waals surface area contributed by atoms with E-state index in [1.54, 1.807) is 55.5 Å². The van der Waals surface area contributed by atoms with Crippen molar-refractivity contribution in [1.29, 1.82) is 0 Å². The van der Waals surface area contributed by atoms with Gasteiger partial charge >= 0.3 is 5.97 Å². The maximum atomic E-state index is 13.1. The number of ether oxygens (including phenoxy) is 2. The second-order valence-electron chi connectivity index (χ2n) is 5.23. The molecule has 2 rings (SSSR count). The molecule has 0 aliphatic rings. The van der Waals surface area contributed by atoms with Crippen molar-refractivity contribution >= 4 is 21.7 Å². The molecular formula is C19H21NO5S. The Hall–Kier alpha value is -2.80. The van der Waals surface area contributed by atoms with Crippen molar-refractivity contribution in [3.05, 3.63) is 67.3 Å². The van der Waals surface area contributed by atoms with Crippen molar-refractivity contribution in [1.82, 2.24) is 0 Å². The Morgan fingerprint density at radius 3 is 2.54 bits per heavy atom. The van der Waals surface area contributed by atoms with Crippen LogP contribution in [0.5, 0.6) is 5.75 Å². The second-order valence-corrected chi connectivity index (χ2v) is 7.09. The van der Waals surface area contributed by atoms with Gasteiger partial charge in [0.25, 0.3) is 10.0 Å². The molecule has 0 aromatic heterocycles. The number of hydrogen-bond donors (Lipinski definition) is 0. The van der Waals surface area contributed by atoms with Crippen molar-refractivity contribution in [2.24, 2.45) is 0 Å². The molecule has 0 heterocycles. The predicted molar refractivity (Wildman–Crippen MR) is 99.7 cm³/mol. The zero-order valence-corrected chi connectivity index (χ0v) is 15.3. The number of anilines is 1. The van der Waals surface area contributed by atoms with Gasteiger partial charge in [0.1, 0.15) is 18.9 Å². The van der Waals surface area contributed by atoms with Crippen LogP contribution in [-0.4, -0.2) is 34.1 Å². The first-order chi connectivity index (χ1) is 12.5. The molecule has 0 aliphatic carbocycles. The van der Waals surface area contributed by atoms with Crippen LogP contribution in [0.2, 0.25) is 0 Å². The molecule has 0 unspecified atom stereocenters. The van der Waals surface area contributed by atoms with Crippen molar-refractivity contribution in [3.8, 4) is 5.75 Å². The molecule has 0 spiro atoms. The molecule has 0 atom stereocenters. The van der Waals surface area contributed by atoms with E-state index in [1.165, 1.54) is 12.1 Å². The lowest BCUT2D eigenvalue weighted by atomic mass is 10.3. The van der Waals surface area contributed by atoms with Gasteiger partial charge in [-0.3, -0.25) is 9.10 Å². The molecule has 138 valence electrons. The van der Waals surface area contributed by atoms with Crippen LogP contribution in [0.25, 0.3) is 0 Å². The molecule has 6 nitrogen and oxygen atoms in total. The Morgan fingerprint density at radius 2 is 1.88 bits per heavy atom. The topological polar surface area (TPSA) is 72.9 Å². The summed E-state index contributed by atoms with van der Waals surface area (Å²) in [6.07, 6.45) is 1.59. The summed E-state index contributed by atoms with van der Waals surface area (Å²) in [4.78, 5) is 12.1. The van der Waals surface area contributed by atoms with Gasteiger partial charge in [0, 0.05) is 6.07 Å². The highest BCUT2D eigenvalue weighted by atomic mass is 32.2. The van der Waals surface area contributed by atoms with E-state index in [4.69, 9.17) is 9.47 Å². The van der Waals surface area contributed by atoms with Crippen LogP contribution in [0.3, 0.4) is 0 Å². The van der Waals surface area contributed by atoms with E-state index >= 15 is 0 Å². The van der Waals surface area contributed by atoms with E-state index in [9.17, 15) is 13.2 Å². The van der Waals surface area contributed by atoms with Gasteiger partial charge in [-0.25, -0.2) is 8.42 Å². The normalized spacial score (nSPS) is 10.8. The lowest BCUT2D eigenvalue weighted by Gasteiger charge is -2.24. The number of hydrogen-bond acceptors (Lipinski definition) is 5. The van der Waals surface area contributed by atoms with E-state index in [1.807, 2.05) is 0 Å². The maximum Gasteiger partial charge on any atom is 0.326 e. The molecule has 0 aliphatic heterocycles. The Morgan fingerprint density at radius 1 is 1.15 bits per heavy atom. The number of nitrogens with zero attached hydrogens (tertiary/aromatic N) is 1. The van der Waals surface area contributed by atoms with E-state index < -0.39 is 22.5 Å². The number of rotatable bonds is 9. The minimum absolute atomic E-state index is 0.0849. The molecule has 0 fully saturated rings. The SMILES string of the molecule is C=CCOc1cccc(N(CC(=O)OCC)S(=O)(=O)c2ccccc2)c1. The summed E-state index contributed by atoms with van der Waals surface area (Å²) in [5.74, 6) is -0.163. The highest BCUT2D eigenvalue weighted by molar-refractivity contribution is 7.92. The second kappa shape index (κ2) is 9.05. The Bertz CT molecular complexity index is 849. The van der Waals surface area contributed by atoms with Crippen molar-refractivity contribution in [2.75, 3.05) is 24.1 Å². The van der Waals surface area contributed by atoms with Gasteiger partial charge in [-0.2, -0.15) is 0 Å². The fraction of sp³-hybridized carbons (Fsp3) is 0.211. The predicted octanol–water partition coefficient (Wildman–Crippen LogP) is 3.01. The Kier molecular flexibility index (Phi) is 6.80. The van der Waals surface area contributed by atoms with Crippen molar-refractivity contribution in [3.63, 3.8) is 0 Å². The summed E-state index contributed by atoms with van der Waals surface area (Å²) in [6.45, 7) is 5.26. The van der Waals surface area contributed by atoms with E-state index in [0.717, 1.165) is 4.31 Å². The van der Waals surface area contributed by atoms with Crippen molar-refractivity contribution < 1.29 is 22.7 Å². The van der Waals surface area contributed by atoms with Crippen LogP contribution in [0, 0.1) is 0 Å². The summed E-state index contributed by atoms with van der Waals surface area (Å²) in [6, 6.07) is 14.4. The average molecular weight is 375 g/mol. The summed E-state index contributed by atoms with van der Waals surface area (Å²) in [5.41, 5.74) is 0.309. The third kappa shape index (κ3) is 4.86. The van der Waals surface area contributed by atoms with Crippen molar-refractivity contribution in [2.45, 2.75) is 11.8 Å². The van der Waals surface area contributed by atoms with E-state index in [-0.39, 0.29) is 18.1 Å².